The number of hydrogen-bond donors (Lipinski definition) is 0. The minimum absolute atomic E-state index is 0.130. The van der Waals surface area contributed by atoms with Crippen LogP contribution in [0.2, 0.25) is 0 Å². The maximum atomic E-state index is 13.3. The Kier molecular flexibility index (Phi) is 5.96. The lowest BCUT2D eigenvalue weighted by Crippen LogP contribution is -2.47. The van der Waals surface area contributed by atoms with Gasteiger partial charge in [-0.25, -0.2) is 8.78 Å². The van der Waals surface area contributed by atoms with Crippen molar-refractivity contribution in [3.05, 3.63) is 70.8 Å². The highest BCUT2D eigenvalue weighted by molar-refractivity contribution is 5.94. The normalized spacial score (nSPS) is 17.3. The molecule has 2 aromatic carbocycles. The lowest BCUT2D eigenvalue weighted by atomic mass is 10.1. The average molecular weight is 361 g/mol. The van der Waals surface area contributed by atoms with E-state index < -0.39 is 11.6 Å². The van der Waals surface area contributed by atoms with Gasteiger partial charge in [0.25, 0.3) is 5.91 Å². The van der Waals surface area contributed by atoms with Crippen molar-refractivity contribution in [3.8, 4) is 0 Å². The number of hydrogen-bond acceptors (Lipinski definition) is 3. The Morgan fingerprint density at radius 2 is 2.08 bits per heavy atom. The van der Waals surface area contributed by atoms with Gasteiger partial charge in [0, 0.05) is 18.7 Å². The van der Waals surface area contributed by atoms with Crippen molar-refractivity contribution in [3.63, 3.8) is 0 Å². The number of ether oxygens (including phenoxy) is 2. The molecule has 1 fully saturated rings. The lowest BCUT2D eigenvalue weighted by molar-refractivity contribution is -0.0647. The Hall–Kier alpha value is -2.31. The van der Waals surface area contributed by atoms with E-state index in [-0.39, 0.29) is 17.6 Å². The fourth-order valence-corrected chi connectivity index (χ4v) is 2.93. The smallest absolute Gasteiger partial charge is 0.254 e. The Bertz CT molecular complexity index is 781. The maximum Gasteiger partial charge on any atom is 0.254 e. The summed E-state index contributed by atoms with van der Waals surface area (Å²) >= 11 is 0. The molecule has 0 spiro atoms. The van der Waals surface area contributed by atoms with Crippen LogP contribution in [0.15, 0.2) is 42.5 Å². The topological polar surface area (TPSA) is 38.8 Å². The molecule has 0 bridgehead atoms. The number of rotatable bonds is 5. The number of aryl methyl sites for hydroxylation is 1. The van der Waals surface area contributed by atoms with Crippen molar-refractivity contribution in [2.75, 3.05) is 26.3 Å². The SMILES string of the molecule is Cc1cccc(COCC2CN(C(=O)c3ccc(F)c(F)c3)CCO2)c1. The van der Waals surface area contributed by atoms with Crippen LogP contribution in [0.1, 0.15) is 21.5 Å². The molecule has 6 heteroatoms. The number of benzene rings is 2. The fourth-order valence-electron chi connectivity index (χ4n) is 2.93. The van der Waals surface area contributed by atoms with Gasteiger partial charge in [-0.3, -0.25) is 4.79 Å². The van der Waals surface area contributed by atoms with Gasteiger partial charge < -0.3 is 14.4 Å². The summed E-state index contributed by atoms with van der Waals surface area (Å²) in [6, 6.07) is 11.2. The highest BCUT2D eigenvalue weighted by Gasteiger charge is 2.25. The second-order valence-corrected chi connectivity index (χ2v) is 6.38. The van der Waals surface area contributed by atoms with Crippen molar-refractivity contribution in [1.29, 1.82) is 0 Å². The molecule has 0 aromatic heterocycles. The van der Waals surface area contributed by atoms with Crippen molar-refractivity contribution < 1.29 is 23.0 Å². The zero-order chi connectivity index (χ0) is 18.5. The second kappa shape index (κ2) is 8.38. The van der Waals surface area contributed by atoms with Gasteiger partial charge in [0.05, 0.1) is 25.9 Å². The van der Waals surface area contributed by atoms with Gasteiger partial charge in [-0.15, -0.1) is 0 Å². The predicted octanol–water partition coefficient (Wildman–Crippen LogP) is 3.33. The molecule has 1 unspecified atom stereocenters. The molecule has 0 radical (unpaired) electrons. The molecule has 2 aromatic rings. The molecule has 1 saturated heterocycles. The standard InChI is InChI=1S/C20H21F2NO3/c1-14-3-2-4-15(9-14)12-25-13-17-11-23(7-8-26-17)20(24)16-5-6-18(21)19(22)10-16/h2-6,9-10,17H,7-8,11-13H2,1H3. The molecular formula is C20H21F2NO3. The first-order chi connectivity index (χ1) is 12.5. The fraction of sp³-hybridized carbons (Fsp3) is 0.350. The van der Waals surface area contributed by atoms with Crippen LogP contribution in [0, 0.1) is 18.6 Å². The van der Waals surface area contributed by atoms with Crippen molar-refractivity contribution in [2.45, 2.75) is 19.6 Å². The third kappa shape index (κ3) is 4.65. The molecule has 4 nitrogen and oxygen atoms in total. The monoisotopic (exact) mass is 361 g/mol. The molecule has 0 aliphatic carbocycles. The number of halogens is 2. The van der Waals surface area contributed by atoms with Gasteiger partial charge in [0.1, 0.15) is 0 Å². The summed E-state index contributed by atoms with van der Waals surface area (Å²) in [6.07, 6.45) is -0.247. The molecule has 1 aliphatic rings. The summed E-state index contributed by atoms with van der Waals surface area (Å²) in [6.45, 7) is 4.00. The molecule has 1 aliphatic heterocycles. The highest BCUT2D eigenvalue weighted by Crippen LogP contribution is 2.15. The molecule has 26 heavy (non-hydrogen) atoms. The first-order valence-corrected chi connectivity index (χ1v) is 8.52. The molecular weight excluding hydrogens is 340 g/mol. The Balaban J connectivity index is 1.53. The zero-order valence-electron chi connectivity index (χ0n) is 14.6. The average Bonchev–Trinajstić information content (AvgIpc) is 2.64. The van der Waals surface area contributed by atoms with Crippen LogP contribution in [0.25, 0.3) is 0 Å². The van der Waals surface area contributed by atoms with Crippen molar-refractivity contribution in [2.24, 2.45) is 0 Å². The van der Waals surface area contributed by atoms with Gasteiger partial charge in [-0.1, -0.05) is 29.8 Å². The molecule has 3 rings (SSSR count). The van der Waals surface area contributed by atoms with E-state index in [0.717, 1.165) is 17.7 Å². The molecule has 0 saturated carbocycles. The third-order valence-corrected chi connectivity index (χ3v) is 4.25. The van der Waals surface area contributed by atoms with Gasteiger partial charge in [-0.2, -0.15) is 0 Å². The summed E-state index contributed by atoms with van der Waals surface area (Å²) in [7, 11) is 0. The van der Waals surface area contributed by atoms with Crippen LogP contribution in [-0.4, -0.2) is 43.2 Å². The predicted molar refractivity (Wildman–Crippen MR) is 92.8 cm³/mol. The van der Waals surface area contributed by atoms with E-state index in [1.807, 2.05) is 25.1 Å². The van der Waals surface area contributed by atoms with E-state index in [1.54, 1.807) is 4.90 Å². The van der Waals surface area contributed by atoms with Gasteiger partial charge in [0.15, 0.2) is 11.6 Å². The summed E-state index contributed by atoms with van der Waals surface area (Å²) in [5, 5.41) is 0. The van der Waals surface area contributed by atoms with Gasteiger partial charge in [-0.05, 0) is 30.7 Å². The van der Waals surface area contributed by atoms with Crippen molar-refractivity contribution >= 4 is 5.91 Å². The summed E-state index contributed by atoms with van der Waals surface area (Å²) in [4.78, 5) is 14.1. The number of amides is 1. The largest absolute Gasteiger partial charge is 0.374 e. The van der Waals surface area contributed by atoms with Gasteiger partial charge >= 0.3 is 0 Å². The maximum absolute atomic E-state index is 13.3. The Morgan fingerprint density at radius 1 is 1.23 bits per heavy atom. The van der Waals surface area contributed by atoms with Crippen molar-refractivity contribution in [1.82, 2.24) is 4.90 Å². The summed E-state index contributed by atoms with van der Waals surface area (Å²) < 4.78 is 37.7. The van der Waals surface area contributed by atoms with Crippen LogP contribution >= 0.6 is 0 Å². The molecule has 1 heterocycles. The molecule has 0 N–H and O–H groups in total. The molecule has 1 amide bonds. The van der Waals surface area contributed by atoms with Gasteiger partial charge in [0.2, 0.25) is 0 Å². The number of carbonyl (C=O) groups is 1. The highest BCUT2D eigenvalue weighted by atomic mass is 19.2. The minimum Gasteiger partial charge on any atom is -0.374 e. The first-order valence-electron chi connectivity index (χ1n) is 8.52. The molecule has 1 atom stereocenters. The van der Waals surface area contributed by atoms with Crippen LogP contribution in [-0.2, 0) is 16.1 Å². The zero-order valence-corrected chi connectivity index (χ0v) is 14.6. The third-order valence-electron chi connectivity index (χ3n) is 4.25. The quantitative estimate of drug-likeness (QED) is 0.820. The van der Waals surface area contributed by atoms with Crippen LogP contribution in [0.5, 0.6) is 0 Å². The Morgan fingerprint density at radius 3 is 2.85 bits per heavy atom. The molecule has 138 valence electrons. The van der Waals surface area contributed by atoms with Crippen LogP contribution in [0.4, 0.5) is 8.78 Å². The number of nitrogens with zero attached hydrogens (tertiary/aromatic N) is 1. The number of carbonyl (C=O) groups excluding carboxylic acids is 1. The van der Waals surface area contributed by atoms with E-state index in [4.69, 9.17) is 9.47 Å². The van der Waals surface area contributed by atoms with E-state index >= 15 is 0 Å². The number of morpholine rings is 1. The van der Waals surface area contributed by atoms with E-state index in [1.165, 1.54) is 11.6 Å². The van der Waals surface area contributed by atoms with Crippen LogP contribution < -0.4 is 0 Å². The lowest BCUT2D eigenvalue weighted by Gasteiger charge is -2.33. The second-order valence-electron chi connectivity index (χ2n) is 6.38. The van der Waals surface area contributed by atoms with E-state index in [0.29, 0.717) is 32.9 Å². The summed E-state index contributed by atoms with van der Waals surface area (Å²) in [5.74, 6) is -2.33. The van der Waals surface area contributed by atoms with E-state index in [2.05, 4.69) is 6.07 Å². The summed E-state index contributed by atoms with van der Waals surface area (Å²) in [5.41, 5.74) is 2.38. The van der Waals surface area contributed by atoms with E-state index in [9.17, 15) is 13.6 Å². The Labute approximate surface area is 151 Å². The first kappa shape index (κ1) is 18.5. The minimum atomic E-state index is -1.03. The van der Waals surface area contributed by atoms with Crippen LogP contribution in [0.3, 0.4) is 0 Å².